The third kappa shape index (κ3) is 4.80. The topological polar surface area (TPSA) is 54.8 Å². The molecule has 0 amide bonds. The molecule has 0 aliphatic heterocycles. The summed E-state index contributed by atoms with van der Waals surface area (Å²) in [4.78, 5) is 5.20. The van der Waals surface area contributed by atoms with Gasteiger partial charge in [0, 0.05) is 38.2 Å². The van der Waals surface area contributed by atoms with E-state index in [1.807, 2.05) is 60.7 Å². The van der Waals surface area contributed by atoms with E-state index in [1.165, 1.54) is 0 Å². The molecule has 7 aromatic carbocycles. The summed E-state index contributed by atoms with van der Waals surface area (Å²) in [7, 11) is 0. The number of furan rings is 1. The van der Waals surface area contributed by atoms with Crippen LogP contribution in [0.5, 0.6) is 0 Å². The molecule has 0 unspecified atom stereocenters. The smallest absolute Gasteiger partial charge is 0.135 e. The third-order valence-corrected chi connectivity index (χ3v) is 10.1. The fraction of sp³-hybridized carbons (Fsp3) is 0. The lowest BCUT2D eigenvalue weighted by Crippen LogP contribution is -1.99. The van der Waals surface area contributed by atoms with Crippen molar-refractivity contribution in [2.45, 2.75) is 0 Å². The molecule has 0 fully saturated rings. The van der Waals surface area contributed by atoms with Gasteiger partial charge in [-0.3, -0.25) is 0 Å². The highest BCUT2D eigenvalue weighted by Crippen LogP contribution is 2.40. The largest absolute Gasteiger partial charge is 0.456 e. The van der Waals surface area contributed by atoms with Gasteiger partial charge in [0.25, 0.3) is 0 Å². The minimum absolute atomic E-state index is 0.617. The minimum atomic E-state index is 0.617. The molecule has 0 atom stereocenters. The van der Waals surface area contributed by atoms with Gasteiger partial charge >= 0.3 is 0 Å². The summed E-state index contributed by atoms with van der Waals surface area (Å²) in [6.07, 6.45) is 0. The van der Waals surface area contributed by atoms with Gasteiger partial charge in [-0.15, -0.1) is 0 Å². The first kappa shape index (κ1) is 29.7. The maximum Gasteiger partial charge on any atom is 0.135 e. The molecule has 0 N–H and O–H groups in total. The van der Waals surface area contributed by atoms with Crippen LogP contribution in [0.25, 0.3) is 94.2 Å². The monoisotopic (exact) mass is 663 g/mol. The first-order valence-electron chi connectivity index (χ1n) is 17.4. The summed E-state index contributed by atoms with van der Waals surface area (Å²) in [5.74, 6) is 0. The molecule has 4 nitrogen and oxygen atoms in total. The Morgan fingerprint density at radius 1 is 0.442 bits per heavy atom. The van der Waals surface area contributed by atoms with Gasteiger partial charge in [0.05, 0.1) is 33.7 Å². The zero-order valence-electron chi connectivity index (χ0n) is 28.0. The molecule has 0 aliphatic carbocycles. The standard InChI is InChI=1S/C48H29N3O/c49-30-41-36(33-23-25-48-40(26-33)38-17-8-10-21-47(38)52-48)18-11-20-45(41)51-44-19-9-7-16-37(44)39-27-34(22-24-46(39)51)43-29-35(31-12-3-1-4-13-31)28-42(50-43)32-14-5-2-6-15-32/h1-29H. The van der Waals surface area contributed by atoms with Crippen molar-refractivity contribution < 1.29 is 4.42 Å². The summed E-state index contributed by atoms with van der Waals surface area (Å²) in [6, 6.07) is 63.1. The Kier molecular flexibility index (Phi) is 6.84. The second kappa shape index (κ2) is 12.0. The van der Waals surface area contributed by atoms with Gasteiger partial charge in [0.2, 0.25) is 0 Å². The summed E-state index contributed by atoms with van der Waals surface area (Å²) in [6.45, 7) is 0. The molecule has 10 aromatic rings. The highest BCUT2D eigenvalue weighted by atomic mass is 16.3. The van der Waals surface area contributed by atoms with E-state index in [-0.39, 0.29) is 0 Å². The summed E-state index contributed by atoms with van der Waals surface area (Å²) >= 11 is 0. The zero-order chi connectivity index (χ0) is 34.6. The van der Waals surface area contributed by atoms with E-state index in [0.29, 0.717) is 5.56 Å². The molecule has 0 spiro atoms. The molecule has 0 saturated carbocycles. The number of fused-ring (bicyclic) bond motifs is 6. The Hall–Kier alpha value is -7.22. The van der Waals surface area contributed by atoms with Crippen molar-refractivity contribution in [3.05, 3.63) is 181 Å². The van der Waals surface area contributed by atoms with Gasteiger partial charge in [-0.1, -0.05) is 121 Å². The maximum atomic E-state index is 10.8. The third-order valence-electron chi connectivity index (χ3n) is 10.1. The summed E-state index contributed by atoms with van der Waals surface area (Å²) in [5, 5.41) is 15.1. The van der Waals surface area contributed by atoms with Crippen molar-refractivity contribution in [1.82, 2.24) is 9.55 Å². The predicted octanol–water partition coefficient (Wildman–Crippen LogP) is 12.6. The van der Waals surface area contributed by atoms with Crippen LogP contribution in [0, 0.1) is 11.3 Å². The Morgan fingerprint density at radius 3 is 1.88 bits per heavy atom. The molecule has 0 aliphatic rings. The fourth-order valence-corrected chi connectivity index (χ4v) is 7.60. The van der Waals surface area contributed by atoms with E-state index in [2.05, 4.69) is 126 Å². The fourth-order valence-electron chi connectivity index (χ4n) is 7.60. The second-order valence-electron chi connectivity index (χ2n) is 13.1. The van der Waals surface area contributed by atoms with E-state index in [9.17, 15) is 5.26 Å². The highest BCUT2D eigenvalue weighted by molar-refractivity contribution is 6.11. The minimum Gasteiger partial charge on any atom is -0.456 e. The number of hydrogen-bond donors (Lipinski definition) is 0. The van der Waals surface area contributed by atoms with Crippen molar-refractivity contribution in [3.63, 3.8) is 0 Å². The van der Waals surface area contributed by atoms with E-state index in [0.717, 1.165) is 94.2 Å². The average molecular weight is 664 g/mol. The number of nitrogens with zero attached hydrogens (tertiary/aromatic N) is 3. The zero-order valence-corrected chi connectivity index (χ0v) is 28.0. The van der Waals surface area contributed by atoms with Crippen LogP contribution in [0.4, 0.5) is 0 Å². The molecule has 0 radical (unpaired) electrons. The van der Waals surface area contributed by atoms with Crippen LogP contribution in [0.1, 0.15) is 5.56 Å². The maximum absolute atomic E-state index is 10.8. The van der Waals surface area contributed by atoms with Crippen LogP contribution in [0.2, 0.25) is 0 Å². The van der Waals surface area contributed by atoms with Crippen LogP contribution >= 0.6 is 0 Å². The molecular formula is C48H29N3O. The molecule has 242 valence electrons. The predicted molar refractivity (Wildman–Crippen MR) is 212 cm³/mol. The van der Waals surface area contributed by atoms with E-state index in [1.54, 1.807) is 0 Å². The van der Waals surface area contributed by atoms with Crippen LogP contribution in [0.3, 0.4) is 0 Å². The van der Waals surface area contributed by atoms with Crippen LogP contribution in [-0.4, -0.2) is 9.55 Å². The Morgan fingerprint density at radius 2 is 1.08 bits per heavy atom. The molecule has 0 saturated heterocycles. The molecule has 4 heteroatoms. The van der Waals surface area contributed by atoms with Crippen LogP contribution in [0.15, 0.2) is 180 Å². The highest BCUT2D eigenvalue weighted by Gasteiger charge is 2.19. The number of rotatable bonds is 5. The Labute approximate surface area is 300 Å². The number of benzene rings is 7. The quantitative estimate of drug-likeness (QED) is 0.184. The molecular weight excluding hydrogens is 635 g/mol. The lowest BCUT2D eigenvalue weighted by atomic mass is 9.97. The van der Waals surface area contributed by atoms with Gasteiger partial charge in [0.15, 0.2) is 0 Å². The van der Waals surface area contributed by atoms with Gasteiger partial charge in [0.1, 0.15) is 17.2 Å². The van der Waals surface area contributed by atoms with Gasteiger partial charge < -0.3 is 8.98 Å². The van der Waals surface area contributed by atoms with Crippen molar-refractivity contribution >= 4 is 43.7 Å². The summed E-state index contributed by atoms with van der Waals surface area (Å²) < 4.78 is 8.33. The van der Waals surface area contributed by atoms with Gasteiger partial charge in [-0.05, 0) is 71.3 Å². The lowest BCUT2D eigenvalue weighted by molar-refractivity contribution is 0.669. The van der Waals surface area contributed by atoms with Crippen LogP contribution < -0.4 is 0 Å². The van der Waals surface area contributed by atoms with E-state index < -0.39 is 0 Å². The normalized spacial score (nSPS) is 11.4. The van der Waals surface area contributed by atoms with E-state index >= 15 is 0 Å². The SMILES string of the molecule is N#Cc1c(-c2ccc3oc4ccccc4c3c2)cccc1-n1c2ccccc2c2cc(-c3cc(-c4ccccc4)cc(-c4ccccc4)n3)ccc21. The van der Waals surface area contributed by atoms with Crippen molar-refractivity contribution in [2.75, 3.05) is 0 Å². The van der Waals surface area contributed by atoms with Crippen molar-refractivity contribution in [2.24, 2.45) is 0 Å². The van der Waals surface area contributed by atoms with E-state index in [4.69, 9.17) is 9.40 Å². The summed E-state index contributed by atoms with van der Waals surface area (Å²) in [5.41, 5.74) is 13.2. The molecule has 3 aromatic heterocycles. The molecule has 3 heterocycles. The molecule has 52 heavy (non-hydrogen) atoms. The second-order valence-corrected chi connectivity index (χ2v) is 13.1. The number of nitriles is 1. The molecule has 10 rings (SSSR count). The first-order chi connectivity index (χ1) is 25.7. The van der Waals surface area contributed by atoms with Gasteiger partial charge in [-0.25, -0.2) is 4.98 Å². The number of para-hydroxylation sites is 2. The average Bonchev–Trinajstić information content (AvgIpc) is 3.76. The number of hydrogen-bond acceptors (Lipinski definition) is 3. The number of pyridine rings is 1. The van der Waals surface area contributed by atoms with Crippen LogP contribution in [-0.2, 0) is 0 Å². The first-order valence-corrected chi connectivity index (χ1v) is 17.4. The molecule has 0 bridgehead atoms. The van der Waals surface area contributed by atoms with Crippen molar-refractivity contribution in [3.8, 4) is 56.5 Å². The Balaban J connectivity index is 1.16. The van der Waals surface area contributed by atoms with Crippen molar-refractivity contribution in [1.29, 1.82) is 5.26 Å². The number of aromatic nitrogens is 2. The Bertz CT molecular complexity index is 2960. The lowest BCUT2D eigenvalue weighted by Gasteiger charge is -2.14. The van der Waals surface area contributed by atoms with Gasteiger partial charge in [-0.2, -0.15) is 5.26 Å².